The molecule has 1 heterocycles. The maximum absolute atomic E-state index is 11.6. The Morgan fingerprint density at radius 2 is 2.25 bits per heavy atom. The van der Waals surface area contributed by atoms with E-state index in [0.717, 1.165) is 18.2 Å². The first-order chi connectivity index (χ1) is 5.77. The lowest BCUT2D eigenvalue weighted by Crippen LogP contribution is -2.52. The van der Waals surface area contributed by atoms with Gasteiger partial charge in [0.1, 0.15) is 0 Å². The Labute approximate surface area is 76.6 Å². The normalized spacial score (nSPS) is 48.4. The zero-order valence-corrected chi connectivity index (χ0v) is 8.40. The molecule has 0 aromatic carbocycles. The molecule has 1 saturated carbocycles. The van der Waals surface area contributed by atoms with Gasteiger partial charge in [-0.25, -0.2) is 0 Å². The number of fused-ring (bicyclic) bond motifs is 1. The first kappa shape index (κ1) is 8.70. The van der Waals surface area contributed by atoms with Crippen molar-refractivity contribution in [1.82, 2.24) is 5.32 Å². The van der Waals surface area contributed by atoms with E-state index >= 15 is 0 Å². The Balaban J connectivity index is 2.05. The Morgan fingerprint density at radius 1 is 1.42 bits per heavy atom. The fraction of sp³-hybridized carbons (Fsp3) is 1.00. The van der Waals surface area contributed by atoms with Gasteiger partial charge in [-0.2, -0.15) is 0 Å². The first-order valence-corrected chi connectivity index (χ1v) is 6.26. The topological polar surface area (TPSA) is 29.1 Å². The highest BCUT2D eigenvalue weighted by atomic mass is 32.2. The van der Waals surface area contributed by atoms with Crippen LogP contribution < -0.4 is 5.32 Å². The van der Waals surface area contributed by atoms with E-state index in [-0.39, 0.29) is 0 Å². The fourth-order valence-corrected chi connectivity index (χ4v) is 4.11. The summed E-state index contributed by atoms with van der Waals surface area (Å²) in [6, 6.07) is 0.566. The van der Waals surface area contributed by atoms with Crippen LogP contribution in [-0.2, 0) is 10.8 Å². The van der Waals surface area contributed by atoms with Gasteiger partial charge in [-0.3, -0.25) is 4.21 Å². The molecule has 1 saturated heterocycles. The summed E-state index contributed by atoms with van der Waals surface area (Å²) in [5.41, 5.74) is 0. The Kier molecular flexibility index (Phi) is 2.51. The van der Waals surface area contributed by atoms with Crippen molar-refractivity contribution < 1.29 is 4.21 Å². The second-order valence-corrected chi connectivity index (χ2v) is 5.88. The number of hydrogen-bond acceptors (Lipinski definition) is 2. The minimum Gasteiger partial charge on any atom is -0.312 e. The van der Waals surface area contributed by atoms with E-state index in [1.807, 2.05) is 0 Å². The average Bonchev–Trinajstić information content (AvgIpc) is 2.07. The summed E-state index contributed by atoms with van der Waals surface area (Å²) in [5, 5.41) is 3.94. The third kappa shape index (κ3) is 1.57. The van der Waals surface area contributed by atoms with Crippen LogP contribution in [-0.4, -0.2) is 27.8 Å². The molecule has 0 aromatic rings. The lowest BCUT2D eigenvalue weighted by molar-refractivity contribution is 0.309. The third-order valence-electron chi connectivity index (χ3n) is 3.10. The van der Waals surface area contributed by atoms with Crippen LogP contribution in [0.1, 0.15) is 26.2 Å². The minimum atomic E-state index is -0.540. The molecule has 1 N–H and O–H groups in total. The molecule has 12 heavy (non-hydrogen) atoms. The van der Waals surface area contributed by atoms with E-state index in [2.05, 4.69) is 12.2 Å². The fourth-order valence-electron chi connectivity index (χ4n) is 2.35. The average molecular weight is 187 g/mol. The molecular formula is C9H17NOS. The maximum Gasteiger partial charge on any atom is 0.0504 e. The van der Waals surface area contributed by atoms with E-state index < -0.39 is 10.8 Å². The van der Waals surface area contributed by atoms with Gasteiger partial charge in [0.05, 0.1) is 5.25 Å². The van der Waals surface area contributed by atoms with Gasteiger partial charge in [-0.1, -0.05) is 6.92 Å². The molecule has 70 valence electrons. The van der Waals surface area contributed by atoms with Crippen molar-refractivity contribution in [1.29, 1.82) is 0 Å². The van der Waals surface area contributed by atoms with Gasteiger partial charge in [0.2, 0.25) is 0 Å². The minimum absolute atomic E-state index is 0.461. The largest absolute Gasteiger partial charge is 0.312 e. The molecule has 2 aliphatic rings. The number of nitrogens with one attached hydrogen (secondary N) is 1. The summed E-state index contributed by atoms with van der Waals surface area (Å²) < 4.78 is 11.6. The van der Waals surface area contributed by atoms with Gasteiger partial charge >= 0.3 is 0 Å². The molecule has 0 amide bonds. The van der Waals surface area contributed by atoms with Crippen LogP contribution in [0.5, 0.6) is 0 Å². The summed E-state index contributed by atoms with van der Waals surface area (Å²) in [7, 11) is -0.540. The first-order valence-electron chi connectivity index (χ1n) is 4.88. The van der Waals surface area contributed by atoms with E-state index in [0.29, 0.717) is 11.3 Å². The molecule has 0 radical (unpaired) electrons. The van der Waals surface area contributed by atoms with Crippen molar-refractivity contribution in [3.05, 3.63) is 0 Å². The highest BCUT2D eigenvalue weighted by molar-refractivity contribution is 7.85. The molecule has 0 aromatic heterocycles. The molecule has 0 bridgehead atoms. The van der Waals surface area contributed by atoms with Gasteiger partial charge in [0.15, 0.2) is 0 Å². The van der Waals surface area contributed by atoms with E-state index in [1.165, 1.54) is 19.3 Å². The smallest absolute Gasteiger partial charge is 0.0504 e. The van der Waals surface area contributed by atoms with Gasteiger partial charge in [-0.15, -0.1) is 0 Å². The standard InChI is InChI=1S/C9H17NOS/c1-7-2-3-8-9(6-7)12(11)5-4-10-8/h7-10H,2-6H2,1H3. The van der Waals surface area contributed by atoms with Crippen LogP contribution >= 0.6 is 0 Å². The summed E-state index contributed by atoms with van der Waals surface area (Å²) in [4.78, 5) is 0. The molecule has 4 atom stereocenters. The molecule has 2 fully saturated rings. The van der Waals surface area contributed by atoms with Crippen LogP contribution in [0.4, 0.5) is 0 Å². The van der Waals surface area contributed by atoms with Crippen LogP contribution in [0, 0.1) is 5.92 Å². The van der Waals surface area contributed by atoms with Crippen LogP contribution in [0.25, 0.3) is 0 Å². The predicted molar refractivity (Wildman–Crippen MR) is 51.6 cm³/mol. The van der Waals surface area contributed by atoms with Crippen molar-refractivity contribution in [2.45, 2.75) is 37.5 Å². The third-order valence-corrected chi connectivity index (χ3v) is 4.90. The van der Waals surface area contributed by atoms with Gasteiger partial charge in [0.25, 0.3) is 0 Å². The van der Waals surface area contributed by atoms with Gasteiger partial charge in [-0.05, 0) is 25.2 Å². The van der Waals surface area contributed by atoms with Crippen LogP contribution in [0.15, 0.2) is 0 Å². The second-order valence-electron chi connectivity index (χ2n) is 4.10. The monoisotopic (exact) mass is 187 g/mol. The summed E-state index contributed by atoms with van der Waals surface area (Å²) in [6.45, 7) is 3.24. The van der Waals surface area contributed by atoms with Gasteiger partial charge in [0, 0.05) is 29.1 Å². The molecule has 0 spiro atoms. The SMILES string of the molecule is CC1CCC2NCCS(=O)C2C1. The molecule has 2 rings (SSSR count). The zero-order chi connectivity index (χ0) is 8.55. The number of rotatable bonds is 0. The molecule has 3 heteroatoms. The molecule has 1 aliphatic carbocycles. The Hall–Kier alpha value is 0.110. The van der Waals surface area contributed by atoms with Gasteiger partial charge < -0.3 is 5.32 Å². The lowest BCUT2D eigenvalue weighted by atomic mass is 9.87. The van der Waals surface area contributed by atoms with Crippen molar-refractivity contribution in [3.8, 4) is 0 Å². The van der Waals surface area contributed by atoms with Crippen molar-refractivity contribution in [3.63, 3.8) is 0 Å². The van der Waals surface area contributed by atoms with E-state index in [1.54, 1.807) is 0 Å². The summed E-state index contributed by atoms with van der Waals surface area (Å²) in [5.74, 6) is 1.66. The number of hydrogen-bond donors (Lipinski definition) is 1. The zero-order valence-electron chi connectivity index (χ0n) is 7.58. The lowest BCUT2D eigenvalue weighted by Gasteiger charge is -2.38. The van der Waals surface area contributed by atoms with Crippen LogP contribution in [0.2, 0.25) is 0 Å². The van der Waals surface area contributed by atoms with E-state index in [4.69, 9.17) is 0 Å². The quantitative estimate of drug-likeness (QED) is 0.610. The second kappa shape index (κ2) is 3.46. The molecular weight excluding hydrogens is 170 g/mol. The van der Waals surface area contributed by atoms with Crippen molar-refractivity contribution in [2.75, 3.05) is 12.3 Å². The highest BCUT2D eigenvalue weighted by Crippen LogP contribution is 2.29. The summed E-state index contributed by atoms with van der Waals surface area (Å²) in [6.07, 6.45) is 3.72. The predicted octanol–water partition coefficient (Wildman–Crippen LogP) is 0.896. The molecule has 4 unspecified atom stereocenters. The van der Waals surface area contributed by atoms with Crippen molar-refractivity contribution >= 4 is 10.8 Å². The summed E-state index contributed by atoms with van der Waals surface area (Å²) >= 11 is 0. The highest BCUT2D eigenvalue weighted by Gasteiger charge is 2.34. The Morgan fingerprint density at radius 3 is 3.08 bits per heavy atom. The van der Waals surface area contributed by atoms with E-state index in [9.17, 15) is 4.21 Å². The van der Waals surface area contributed by atoms with Crippen LogP contribution in [0.3, 0.4) is 0 Å². The maximum atomic E-state index is 11.6. The van der Waals surface area contributed by atoms with Crippen molar-refractivity contribution in [2.24, 2.45) is 5.92 Å². The molecule has 2 nitrogen and oxygen atoms in total. The Bertz CT molecular complexity index is 195. The molecule has 1 aliphatic heterocycles.